The summed E-state index contributed by atoms with van der Waals surface area (Å²) in [6.07, 6.45) is 1.21. The molecule has 0 radical (unpaired) electrons. The minimum absolute atomic E-state index is 0.0150. The highest BCUT2D eigenvalue weighted by atomic mass is 32.2. The predicted molar refractivity (Wildman–Crippen MR) is 110 cm³/mol. The van der Waals surface area contributed by atoms with E-state index in [1.807, 2.05) is 37.3 Å². The van der Waals surface area contributed by atoms with E-state index in [2.05, 4.69) is 10.1 Å². The van der Waals surface area contributed by atoms with Crippen LogP contribution in [0.15, 0.2) is 40.9 Å². The Kier molecular flexibility index (Phi) is 5.12. The van der Waals surface area contributed by atoms with E-state index < -0.39 is 9.84 Å². The van der Waals surface area contributed by atoms with Gasteiger partial charge in [-0.2, -0.15) is 0 Å². The topological polar surface area (TPSA) is 93.4 Å². The lowest BCUT2D eigenvalue weighted by Gasteiger charge is -2.28. The third kappa shape index (κ3) is 3.76. The highest BCUT2D eigenvalue weighted by molar-refractivity contribution is 7.91. The summed E-state index contributed by atoms with van der Waals surface area (Å²) in [5, 5.41) is 4.58. The summed E-state index contributed by atoms with van der Waals surface area (Å²) in [7, 11) is -3.10. The molecule has 2 aromatic heterocycles. The summed E-state index contributed by atoms with van der Waals surface area (Å²) in [6.45, 7) is 4.25. The summed E-state index contributed by atoms with van der Waals surface area (Å²) in [4.78, 5) is 19.8. The van der Waals surface area contributed by atoms with Crippen molar-refractivity contribution in [3.05, 3.63) is 47.7 Å². The van der Waals surface area contributed by atoms with E-state index in [-0.39, 0.29) is 23.5 Å². The zero-order valence-corrected chi connectivity index (χ0v) is 17.3. The van der Waals surface area contributed by atoms with E-state index >= 15 is 0 Å². The van der Waals surface area contributed by atoms with Gasteiger partial charge in [0.05, 0.1) is 33.8 Å². The zero-order chi connectivity index (χ0) is 20.6. The Morgan fingerprint density at radius 2 is 2.03 bits per heavy atom. The molecule has 1 unspecified atom stereocenters. The molecule has 0 aliphatic carbocycles. The maximum atomic E-state index is 13.6. The quantitative estimate of drug-likeness (QED) is 0.637. The van der Waals surface area contributed by atoms with Gasteiger partial charge in [-0.15, -0.1) is 0 Å². The van der Waals surface area contributed by atoms with Crippen LogP contribution in [0.2, 0.25) is 0 Å². The number of aryl methyl sites for hydroxylation is 1. The predicted octanol–water partition coefficient (Wildman–Crippen LogP) is 3.24. The second-order valence-electron chi connectivity index (χ2n) is 7.42. The number of benzene rings is 1. The highest BCUT2D eigenvalue weighted by Crippen LogP contribution is 2.29. The van der Waals surface area contributed by atoms with Gasteiger partial charge in [-0.3, -0.25) is 4.79 Å². The smallest absolute Gasteiger partial charge is 0.259 e. The Morgan fingerprint density at radius 1 is 1.28 bits per heavy atom. The second kappa shape index (κ2) is 7.59. The number of hydrogen-bond donors (Lipinski definition) is 0. The normalized spacial score (nSPS) is 18.2. The Labute approximate surface area is 169 Å². The first-order chi connectivity index (χ1) is 13.9. The van der Waals surface area contributed by atoms with Crippen molar-refractivity contribution in [1.29, 1.82) is 0 Å². The molecule has 0 N–H and O–H groups in total. The van der Waals surface area contributed by atoms with Gasteiger partial charge in [0.1, 0.15) is 0 Å². The molecule has 0 bridgehead atoms. The summed E-state index contributed by atoms with van der Waals surface area (Å²) in [5.41, 5.74) is 2.83. The molecule has 0 saturated carbocycles. The SMILES string of the molecule is CCCN(C(=O)c1cc(-c2ccccc2)nc2onc(C)c12)C1CCS(=O)(=O)C1. The third-order valence-electron chi connectivity index (χ3n) is 5.29. The van der Waals surface area contributed by atoms with Crippen LogP contribution < -0.4 is 0 Å². The van der Waals surface area contributed by atoms with Gasteiger partial charge in [0.15, 0.2) is 9.84 Å². The monoisotopic (exact) mass is 413 g/mol. The molecule has 1 aromatic carbocycles. The number of hydrogen-bond acceptors (Lipinski definition) is 6. The van der Waals surface area contributed by atoms with E-state index in [4.69, 9.17) is 4.52 Å². The average Bonchev–Trinajstić information content (AvgIpc) is 3.27. The molecule has 1 saturated heterocycles. The lowest BCUT2D eigenvalue weighted by Crippen LogP contribution is -2.41. The molecule has 1 atom stereocenters. The maximum Gasteiger partial charge on any atom is 0.259 e. The molecule has 3 heterocycles. The number of carbonyl (C=O) groups excluding carboxylic acids is 1. The van der Waals surface area contributed by atoms with Crippen LogP contribution in [-0.2, 0) is 9.84 Å². The fourth-order valence-electron chi connectivity index (χ4n) is 3.89. The molecule has 1 fully saturated rings. The number of carbonyl (C=O) groups is 1. The lowest BCUT2D eigenvalue weighted by molar-refractivity contribution is 0.0699. The lowest BCUT2D eigenvalue weighted by atomic mass is 10.0. The maximum absolute atomic E-state index is 13.6. The largest absolute Gasteiger partial charge is 0.335 e. The van der Waals surface area contributed by atoms with Crippen molar-refractivity contribution < 1.29 is 17.7 Å². The Morgan fingerprint density at radius 3 is 2.69 bits per heavy atom. The molecule has 1 aliphatic rings. The first kappa shape index (κ1) is 19.6. The molecule has 152 valence electrons. The van der Waals surface area contributed by atoms with Crippen LogP contribution >= 0.6 is 0 Å². The number of pyridine rings is 1. The molecule has 4 rings (SSSR count). The molecule has 1 aliphatic heterocycles. The number of aromatic nitrogens is 2. The molecule has 8 heteroatoms. The Hall–Kier alpha value is -2.74. The van der Waals surface area contributed by atoms with Crippen LogP contribution in [0, 0.1) is 6.92 Å². The summed E-state index contributed by atoms with van der Waals surface area (Å²) < 4.78 is 29.4. The number of sulfone groups is 1. The van der Waals surface area contributed by atoms with Crippen molar-refractivity contribution in [1.82, 2.24) is 15.0 Å². The fraction of sp³-hybridized carbons (Fsp3) is 0.381. The van der Waals surface area contributed by atoms with Crippen LogP contribution in [0.25, 0.3) is 22.4 Å². The van der Waals surface area contributed by atoms with Crippen molar-refractivity contribution in [2.45, 2.75) is 32.7 Å². The van der Waals surface area contributed by atoms with Gasteiger partial charge < -0.3 is 9.42 Å². The van der Waals surface area contributed by atoms with Crippen LogP contribution in [0.5, 0.6) is 0 Å². The summed E-state index contributed by atoms with van der Waals surface area (Å²) >= 11 is 0. The van der Waals surface area contributed by atoms with Crippen LogP contribution in [-0.4, -0.2) is 53.5 Å². The van der Waals surface area contributed by atoms with Crippen molar-refractivity contribution in [3.8, 4) is 11.3 Å². The van der Waals surface area contributed by atoms with Gasteiger partial charge >= 0.3 is 0 Å². The Balaban J connectivity index is 1.82. The van der Waals surface area contributed by atoms with Crippen LogP contribution in [0.1, 0.15) is 35.8 Å². The molecule has 3 aromatic rings. The van der Waals surface area contributed by atoms with E-state index in [0.29, 0.717) is 41.0 Å². The first-order valence-electron chi connectivity index (χ1n) is 9.73. The standard InChI is InChI=1S/C21H23N3O4S/c1-3-10-24(16-9-11-29(26,27)13-16)21(25)17-12-18(15-7-5-4-6-8-15)22-20-19(17)14(2)23-28-20/h4-8,12,16H,3,9-11,13H2,1-2H3. The first-order valence-corrected chi connectivity index (χ1v) is 11.6. The van der Waals surface area contributed by atoms with E-state index in [1.54, 1.807) is 17.9 Å². The number of fused-ring (bicyclic) bond motifs is 1. The summed E-state index contributed by atoms with van der Waals surface area (Å²) in [5.74, 6) is -0.0654. The zero-order valence-electron chi connectivity index (χ0n) is 16.5. The number of nitrogens with zero attached hydrogens (tertiary/aromatic N) is 3. The van der Waals surface area contributed by atoms with Crippen LogP contribution in [0.4, 0.5) is 0 Å². The number of amides is 1. The minimum Gasteiger partial charge on any atom is -0.335 e. The Bertz CT molecular complexity index is 1160. The number of rotatable bonds is 5. The van der Waals surface area contributed by atoms with E-state index in [0.717, 1.165) is 12.0 Å². The van der Waals surface area contributed by atoms with Gasteiger partial charge in [0, 0.05) is 18.2 Å². The van der Waals surface area contributed by atoms with Crippen molar-refractivity contribution in [3.63, 3.8) is 0 Å². The van der Waals surface area contributed by atoms with E-state index in [9.17, 15) is 13.2 Å². The van der Waals surface area contributed by atoms with Crippen molar-refractivity contribution in [2.24, 2.45) is 0 Å². The van der Waals surface area contributed by atoms with Gasteiger partial charge in [-0.1, -0.05) is 42.4 Å². The van der Waals surface area contributed by atoms with Crippen molar-refractivity contribution >= 4 is 26.8 Å². The molecule has 0 spiro atoms. The van der Waals surface area contributed by atoms with Gasteiger partial charge in [-0.05, 0) is 25.8 Å². The minimum atomic E-state index is -3.10. The van der Waals surface area contributed by atoms with E-state index in [1.165, 1.54) is 0 Å². The van der Waals surface area contributed by atoms with Gasteiger partial charge in [0.2, 0.25) is 0 Å². The van der Waals surface area contributed by atoms with Crippen LogP contribution in [0.3, 0.4) is 0 Å². The molecule has 29 heavy (non-hydrogen) atoms. The highest BCUT2D eigenvalue weighted by Gasteiger charge is 2.35. The second-order valence-corrected chi connectivity index (χ2v) is 9.65. The van der Waals surface area contributed by atoms with Crippen molar-refractivity contribution in [2.75, 3.05) is 18.1 Å². The molecular weight excluding hydrogens is 390 g/mol. The fourth-order valence-corrected chi connectivity index (χ4v) is 5.62. The average molecular weight is 413 g/mol. The summed E-state index contributed by atoms with van der Waals surface area (Å²) in [6, 6.07) is 11.0. The molecular formula is C21H23N3O4S. The van der Waals surface area contributed by atoms with Gasteiger partial charge in [0.25, 0.3) is 11.6 Å². The third-order valence-corrected chi connectivity index (χ3v) is 7.04. The molecule has 1 amide bonds. The molecule has 7 nitrogen and oxygen atoms in total. The van der Waals surface area contributed by atoms with Gasteiger partial charge in [-0.25, -0.2) is 13.4 Å².